The van der Waals surface area contributed by atoms with E-state index in [1.807, 2.05) is 19.3 Å². The SMILES string of the molecule is CNC(C)c1ccc(SCCn2ccccc2=O)cc1. The number of aryl methyl sites for hydroxylation is 1. The van der Waals surface area contributed by atoms with Crippen LogP contribution in [0.3, 0.4) is 0 Å². The molecule has 1 heterocycles. The van der Waals surface area contributed by atoms with Gasteiger partial charge in [0, 0.05) is 35.5 Å². The molecule has 2 aromatic rings. The Hall–Kier alpha value is -1.52. The number of thioether (sulfide) groups is 1. The lowest BCUT2D eigenvalue weighted by Crippen LogP contribution is -2.18. The molecule has 3 nitrogen and oxygen atoms in total. The van der Waals surface area contributed by atoms with E-state index in [1.54, 1.807) is 28.5 Å². The maximum Gasteiger partial charge on any atom is 0.250 e. The number of rotatable bonds is 6. The van der Waals surface area contributed by atoms with Gasteiger partial charge in [-0.25, -0.2) is 0 Å². The van der Waals surface area contributed by atoms with E-state index in [0.717, 1.165) is 12.3 Å². The second-order valence-corrected chi connectivity index (χ2v) is 5.83. The Morgan fingerprint density at radius 3 is 2.60 bits per heavy atom. The molecule has 2 rings (SSSR count). The highest BCUT2D eigenvalue weighted by molar-refractivity contribution is 7.99. The van der Waals surface area contributed by atoms with Crippen LogP contribution in [0.15, 0.2) is 58.4 Å². The molecule has 0 aliphatic rings. The molecule has 0 amide bonds. The molecule has 0 fully saturated rings. The van der Waals surface area contributed by atoms with Crippen molar-refractivity contribution in [2.45, 2.75) is 24.4 Å². The van der Waals surface area contributed by atoms with Crippen LogP contribution in [0.5, 0.6) is 0 Å². The summed E-state index contributed by atoms with van der Waals surface area (Å²) in [6, 6.07) is 14.2. The predicted molar refractivity (Wildman–Crippen MR) is 85.3 cm³/mol. The molecule has 0 bridgehead atoms. The summed E-state index contributed by atoms with van der Waals surface area (Å²) in [5.41, 5.74) is 1.35. The van der Waals surface area contributed by atoms with E-state index >= 15 is 0 Å². The Labute approximate surface area is 124 Å². The van der Waals surface area contributed by atoms with E-state index in [1.165, 1.54) is 10.5 Å². The normalized spacial score (nSPS) is 12.3. The molecule has 1 N–H and O–H groups in total. The third kappa shape index (κ3) is 3.99. The van der Waals surface area contributed by atoms with Crippen molar-refractivity contribution >= 4 is 11.8 Å². The molecule has 106 valence electrons. The van der Waals surface area contributed by atoms with Crippen LogP contribution in [0.4, 0.5) is 0 Å². The first-order valence-corrected chi connectivity index (χ1v) is 7.75. The minimum Gasteiger partial charge on any atom is -0.315 e. The largest absolute Gasteiger partial charge is 0.315 e. The summed E-state index contributed by atoms with van der Waals surface area (Å²) in [5, 5.41) is 3.23. The minimum absolute atomic E-state index is 0.0614. The number of pyridine rings is 1. The summed E-state index contributed by atoms with van der Waals surface area (Å²) in [6.07, 6.45) is 1.83. The first-order valence-electron chi connectivity index (χ1n) is 6.76. The van der Waals surface area contributed by atoms with Crippen LogP contribution in [-0.2, 0) is 6.54 Å². The topological polar surface area (TPSA) is 34.0 Å². The van der Waals surface area contributed by atoms with Crippen LogP contribution in [0.25, 0.3) is 0 Å². The molecule has 0 saturated carbocycles. The Morgan fingerprint density at radius 2 is 1.95 bits per heavy atom. The monoisotopic (exact) mass is 288 g/mol. The van der Waals surface area contributed by atoms with Gasteiger partial charge in [0.15, 0.2) is 0 Å². The molecule has 1 atom stereocenters. The molecule has 0 spiro atoms. The molecule has 0 radical (unpaired) electrons. The summed E-state index contributed by atoms with van der Waals surface area (Å²) in [5.74, 6) is 0.894. The van der Waals surface area contributed by atoms with Gasteiger partial charge in [-0.2, -0.15) is 0 Å². The van der Waals surface area contributed by atoms with Gasteiger partial charge >= 0.3 is 0 Å². The zero-order chi connectivity index (χ0) is 14.4. The fourth-order valence-corrected chi connectivity index (χ4v) is 2.78. The van der Waals surface area contributed by atoms with Gasteiger partial charge in [0.2, 0.25) is 0 Å². The lowest BCUT2D eigenvalue weighted by Gasteiger charge is -2.11. The van der Waals surface area contributed by atoms with Crippen molar-refractivity contribution in [3.8, 4) is 0 Å². The molecule has 1 aromatic carbocycles. The molecule has 0 aliphatic carbocycles. The molecule has 1 aromatic heterocycles. The standard InChI is InChI=1S/C16H20N2OS/c1-13(17-2)14-6-8-15(9-7-14)20-12-11-18-10-4-3-5-16(18)19/h3-10,13,17H,11-12H2,1-2H3. The van der Waals surface area contributed by atoms with Crippen LogP contribution < -0.4 is 10.9 Å². The molecular formula is C16H20N2OS. The van der Waals surface area contributed by atoms with E-state index < -0.39 is 0 Å². The van der Waals surface area contributed by atoms with Crippen LogP contribution in [-0.4, -0.2) is 17.4 Å². The fraction of sp³-hybridized carbons (Fsp3) is 0.312. The number of nitrogens with zero attached hydrogens (tertiary/aromatic N) is 1. The molecule has 0 saturated heterocycles. The Balaban J connectivity index is 1.88. The van der Waals surface area contributed by atoms with Crippen LogP contribution >= 0.6 is 11.8 Å². The average molecular weight is 288 g/mol. The van der Waals surface area contributed by atoms with Gasteiger partial charge in [0.1, 0.15) is 0 Å². The smallest absolute Gasteiger partial charge is 0.250 e. The lowest BCUT2D eigenvalue weighted by molar-refractivity contribution is 0.652. The minimum atomic E-state index is 0.0614. The summed E-state index contributed by atoms with van der Waals surface area (Å²) in [6.45, 7) is 2.88. The maximum absolute atomic E-state index is 11.6. The highest BCUT2D eigenvalue weighted by Crippen LogP contribution is 2.21. The van der Waals surface area contributed by atoms with Crippen molar-refractivity contribution < 1.29 is 0 Å². The summed E-state index contributed by atoms with van der Waals surface area (Å²) in [4.78, 5) is 12.8. The van der Waals surface area contributed by atoms with E-state index in [4.69, 9.17) is 0 Å². The van der Waals surface area contributed by atoms with Gasteiger partial charge in [-0.05, 0) is 37.7 Å². The van der Waals surface area contributed by atoms with E-state index in [0.29, 0.717) is 6.04 Å². The zero-order valence-electron chi connectivity index (χ0n) is 11.9. The van der Waals surface area contributed by atoms with Gasteiger partial charge in [-0.15, -0.1) is 11.8 Å². The second-order valence-electron chi connectivity index (χ2n) is 4.66. The van der Waals surface area contributed by atoms with E-state index in [9.17, 15) is 4.79 Å². The zero-order valence-corrected chi connectivity index (χ0v) is 12.7. The lowest BCUT2D eigenvalue weighted by atomic mass is 10.1. The highest BCUT2D eigenvalue weighted by Gasteiger charge is 2.02. The third-order valence-corrected chi connectivity index (χ3v) is 4.31. The summed E-state index contributed by atoms with van der Waals surface area (Å²) in [7, 11) is 1.96. The molecule has 1 unspecified atom stereocenters. The van der Waals surface area contributed by atoms with Crippen LogP contribution in [0.2, 0.25) is 0 Å². The third-order valence-electron chi connectivity index (χ3n) is 3.31. The van der Waals surface area contributed by atoms with Crippen molar-refractivity contribution in [2.75, 3.05) is 12.8 Å². The van der Waals surface area contributed by atoms with Gasteiger partial charge < -0.3 is 9.88 Å². The second kappa shape index (κ2) is 7.31. The van der Waals surface area contributed by atoms with Gasteiger partial charge in [0.05, 0.1) is 0 Å². The van der Waals surface area contributed by atoms with Gasteiger partial charge in [0.25, 0.3) is 5.56 Å². The van der Waals surface area contributed by atoms with Crippen molar-refractivity contribution in [3.05, 3.63) is 64.6 Å². The first kappa shape index (κ1) is 14.9. The molecule has 0 aliphatic heterocycles. The molecule has 4 heteroatoms. The van der Waals surface area contributed by atoms with Gasteiger partial charge in [-0.3, -0.25) is 4.79 Å². The molecule has 20 heavy (non-hydrogen) atoms. The molecular weight excluding hydrogens is 268 g/mol. The quantitative estimate of drug-likeness (QED) is 0.830. The van der Waals surface area contributed by atoms with Crippen molar-refractivity contribution in [2.24, 2.45) is 0 Å². The predicted octanol–water partition coefficient (Wildman–Crippen LogP) is 2.92. The summed E-state index contributed by atoms with van der Waals surface area (Å²) < 4.78 is 1.74. The highest BCUT2D eigenvalue weighted by atomic mass is 32.2. The Morgan fingerprint density at radius 1 is 1.20 bits per heavy atom. The van der Waals surface area contributed by atoms with E-state index in [2.05, 4.69) is 36.5 Å². The van der Waals surface area contributed by atoms with Crippen molar-refractivity contribution in [1.82, 2.24) is 9.88 Å². The number of aromatic nitrogens is 1. The Kier molecular flexibility index (Phi) is 5.44. The van der Waals surface area contributed by atoms with Crippen LogP contribution in [0.1, 0.15) is 18.5 Å². The number of hydrogen-bond acceptors (Lipinski definition) is 3. The summed E-state index contributed by atoms with van der Waals surface area (Å²) >= 11 is 1.77. The average Bonchev–Trinajstić information content (AvgIpc) is 2.49. The van der Waals surface area contributed by atoms with Crippen LogP contribution in [0, 0.1) is 0 Å². The van der Waals surface area contributed by atoms with Crippen molar-refractivity contribution in [3.63, 3.8) is 0 Å². The fourth-order valence-electron chi connectivity index (χ4n) is 1.93. The Bertz CT molecular complexity index is 592. The number of benzene rings is 1. The maximum atomic E-state index is 11.6. The number of nitrogens with one attached hydrogen (secondary N) is 1. The first-order chi connectivity index (χ1) is 9.70. The van der Waals surface area contributed by atoms with Gasteiger partial charge in [-0.1, -0.05) is 18.2 Å². The number of hydrogen-bond donors (Lipinski definition) is 1. The van der Waals surface area contributed by atoms with Crippen molar-refractivity contribution in [1.29, 1.82) is 0 Å². The van der Waals surface area contributed by atoms with E-state index in [-0.39, 0.29) is 5.56 Å².